The van der Waals surface area contributed by atoms with E-state index in [1.807, 2.05) is 24.0 Å². The SMILES string of the molecule is C=CC(=O)N1CCN(c2nc(NC3CCN(CC(F)F)CC3)nc3c(F)c(-c4c(C)ccc5[nH]ncc45)c(Cl)cc23)CC1. The summed E-state index contributed by atoms with van der Waals surface area (Å²) >= 11 is 6.84. The molecule has 13 heteroatoms. The number of piperazine rings is 1. The van der Waals surface area contributed by atoms with Crippen molar-refractivity contribution in [2.75, 3.05) is 56.0 Å². The number of carbonyl (C=O) groups excluding carboxylic acids is 1. The third-order valence-electron chi connectivity index (χ3n) is 8.33. The average Bonchev–Trinajstić information content (AvgIpc) is 3.48. The van der Waals surface area contributed by atoms with Crippen molar-refractivity contribution < 1.29 is 18.0 Å². The molecule has 0 spiro atoms. The highest BCUT2D eigenvalue weighted by Gasteiger charge is 2.28. The Morgan fingerprint density at radius 1 is 1.14 bits per heavy atom. The molecule has 0 radical (unpaired) electrons. The molecule has 2 saturated heterocycles. The number of piperidine rings is 1. The fraction of sp³-hybridized carbons (Fsp3) is 0.400. The van der Waals surface area contributed by atoms with Gasteiger partial charge in [-0.25, -0.2) is 18.2 Å². The van der Waals surface area contributed by atoms with Crippen LogP contribution < -0.4 is 10.2 Å². The van der Waals surface area contributed by atoms with Gasteiger partial charge in [0.1, 0.15) is 11.3 Å². The van der Waals surface area contributed by atoms with Gasteiger partial charge in [-0.2, -0.15) is 10.1 Å². The van der Waals surface area contributed by atoms with Gasteiger partial charge in [0.25, 0.3) is 6.43 Å². The maximum absolute atomic E-state index is 16.7. The smallest absolute Gasteiger partial charge is 0.251 e. The van der Waals surface area contributed by atoms with E-state index in [0.717, 1.165) is 16.5 Å². The van der Waals surface area contributed by atoms with Gasteiger partial charge in [-0.3, -0.25) is 14.8 Å². The molecule has 2 aromatic heterocycles. The lowest BCUT2D eigenvalue weighted by molar-refractivity contribution is -0.126. The van der Waals surface area contributed by atoms with Gasteiger partial charge in [0.05, 0.1) is 23.3 Å². The topological polar surface area (TPSA) is 93.3 Å². The molecule has 1 amide bonds. The Bertz CT molecular complexity index is 1680. The number of alkyl halides is 2. The number of aryl methyl sites for hydroxylation is 1. The molecule has 43 heavy (non-hydrogen) atoms. The van der Waals surface area contributed by atoms with Gasteiger partial charge < -0.3 is 15.1 Å². The van der Waals surface area contributed by atoms with Gasteiger partial charge in [0, 0.05) is 67.2 Å². The summed E-state index contributed by atoms with van der Waals surface area (Å²) in [5, 5.41) is 11.8. The van der Waals surface area contributed by atoms with E-state index in [0.29, 0.717) is 68.9 Å². The number of rotatable bonds is 7. The summed E-state index contributed by atoms with van der Waals surface area (Å²) in [6, 6.07) is 5.42. The van der Waals surface area contributed by atoms with Crippen LogP contribution >= 0.6 is 11.6 Å². The number of hydrogen-bond donors (Lipinski definition) is 2. The summed E-state index contributed by atoms with van der Waals surface area (Å²) in [6.45, 7) is 8.13. The number of likely N-dealkylation sites (tertiary alicyclic amines) is 1. The molecule has 6 rings (SSSR count). The van der Waals surface area contributed by atoms with E-state index in [1.54, 1.807) is 22.1 Å². The molecule has 226 valence electrons. The number of aromatic nitrogens is 4. The van der Waals surface area contributed by atoms with Crippen molar-refractivity contribution in [3.63, 3.8) is 0 Å². The molecule has 2 fully saturated rings. The van der Waals surface area contributed by atoms with Crippen LogP contribution in [0.25, 0.3) is 32.9 Å². The second-order valence-corrected chi connectivity index (χ2v) is 11.4. The summed E-state index contributed by atoms with van der Waals surface area (Å²) in [7, 11) is 0. The lowest BCUT2D eigenvalue weighted by Gasteiger charge is -2.36. The maximum atomic E-state index is 16.7. The van der Waals surface area contributed by atoms with Gasteiger partial charge in [0.2, 0.25) is 11.9 Å². The van der Waals surface area contributed by atoms with Crippen LogP contribution in [0.1, 0.15) is 18.4 Å². The van der Waals surface area contributed by atoms with Crippen molar-refractivity contribution in [3.05, 3.63) is 53.5 Å². The van der Waals surface area contributed by atoms with E-state index in [2.05, 4.69) is 27.1 Å². The van der Waals surface area contributed by atoms with Crippen LogP contribution in [0.15, 0.2) is 37.1 Å². The van der Waals surface area contributed by atoms with Crippen molar-refractivity contribution in [3.8, 4) is 11.1 Å². The first kappa shape index (κ1) is 29.2. The summed E-state index contributed by atoms with van der Waals surface area (Å²) in [6.07, 6.45) is 1.83. The number of carbonyl (C=O) groups is 1. The zero-order valence-electron chi connectivity index (χ0n) is 23.7. The highest BCUT2D eigenvalue weighted by molar-refractivity contribution is 6.35. The lowest BCUT2D eigenvalue weighted by atomic mass is 9.95. The quantitative estimate of drug-likeness (QED) is 0.275. The van der Waals surface area contributed by atoms with E-state index in [9.17, 15) is 13.6 Å². The number of benzene rings is 2. The average molecular weight is 613 g/mol. The Kier molecular flexibility index (Phi) is 8.15. The molecule has 0 bridgehead atoms. The first-order chi connectivity index (χ1) is 20.7. The number of hydrogen-bond acceptors (Lipinski definition) is 7. The number of halogens is 4. The summed E-state index contributed by atoms with van der Waals surface area (Å²) in [4.78, 5) is 27.1. The Hall–Kier alpha value is -3.90. The molecule has 4 heterocycles. The molecule has 0 atom stereocenters. The highest BCUT2D eigenvalue weighted by Crippen LogP contribution is 2.42. The van der Waals surface area contributed by atoms with Gasteiger partial charge in [-0.1, -0.05) is 24.2 Å². The fourth-order valence-electron chi connectivity index (χ4n) is 6.08. The van der Waals surface area contributed by atoms with E-state index in [1.165, 1.54) is 6.08 Å². The first-order valence-electron chi connectivity index (χ1n) is 14.3. The first-order valence-corrected chi connectivity index (χ1v) is 14.7. The minimum Gasteiger partial charge on any atom is -0.352 e. The van der Waals surface area contributed by atoms with Crippen LogP contribution in [0.4, 0.5) is 24.9 Å². The summed E-state index contributed by atoms with van der Waals surface area (Å²) < 4.78 is 42.5. The monoisotopic (exact) mass is 612 g/mol. The molecule has 0 saturated carbocycles. The molecule has 2 aliphatic heterocycles. The van der Waals surface area contributed by atoms with Gasteiger partial charge in [-0.05, 0) is 43.5 Å². The molecule has 0 unspecified atom stereocenters. The largest absolute Gasteiger partial charge is 0.352 e. The van der Waals surface area contributed by atoms with Gasteiger partial charge in [-0.15, -0.1) is 0 Å². The Labute approximate surface area is 251 Å². The number of nitrogens with zero attached hydrogens (tertiary/aromatic N) is 6. The molecule has 2 aromatic carbocycles. The van der Waals surface area contributed by atoms with E-state index in [-0.39, 0.29) is 40.5 Å². The van der Waals surface area contributed by atoms with Crippen molar-refractivity contribution in [2.24, 2.45) is 0 Å². The maximum Gasteiger partial charge on any atom is 0.251 e. The molecule has 2 N–H and O–H groups in total. The Balaban J connectivity index is 1.42. The molecule has 0 aliphatic carbocycles. The minimum atomic E-state index is -2.38. The molecule has 9 nitrogen and oxygen atoms in total. The van der Waals surface area contributed by atoms with Crippen molar-refractivity contribution in [2.45, 2.75) is 32.2 Å². The zero-order chi connectivity index (χ0) is 30.2. The van der Waals surface area contributed by atoms with Crippen molar-refractivity contribution >= 4 is 51.1 Å². The molecule has 2 aliphatic rings. The van der Waals surface area contributed by atoms with Crippen molar-refractivity contribution in [1.29, 1.82) is 0 Å². The van der Waals surface area contributed by atoms with Crippen LogP contribution in [0, 0.1) is 12.7 Å². The fourth-order valence-corrected chi connectivity index (χ4v) is 6.36. The normalized spacial score (nSPS) is 16.9. The van der Waals surface area contributed by atoms with Gasteiger partial charge >= 0.3 is 0 Å². The van der Waals surface area contributed by atoms with Crippen LogP contribution in [-0.4, -0.2) is 94.2 Å². The number of anilines is 2. The molecular weight excluding hydrogens is 581 g/mol. The standard InChI is InChI=1S/C30H32ClF3N8O/c1-3-24(43)41-10-12-42(13-11-41)29-19-14-21(31)26(25-17(2)4-5-22-20(25)15-35-39-22)27(34)28(19)37-30(38-29)36-18-6-8-40(9-7-18)16-23(32)33/h3-5,14-15,18,23H,1,6-13,16H2,2H3,(H,35,39)(H,36,37,38). The zero-order valence-corrected chi connectivity index (χ0v) is 24.5. The van der Waals surface area contributed by atoms with Crippen molar-refractivity contribution in [1.82, 2.24) is 30.0 Å². The summed E-state index contributed by atoms with van der Waals surface area (Å²) in [5.74, 6) is 0.0530. The number of nitrogens with one attached hydrogen (secondary N) is 2. The molecule has 4 aromatic rings. The molecular formula is C30H32ClF3N8O. The Morgan fingerprint density at radius 3 is 2.58 bits per heavy atom. The third kappa shape index (κ3) is 5.73. The third-order valence-corrected chi connectivity index (χ3v) is 8.63. The number of amides is 1. The Morgan fingerprint density at radius 2 is 1.88 bits per heavy atom. The lowest BCUT2D eigenvalue weighted by Crippen LogP contribution is -2.48. The highest BCUT2D eigenvalue weighted by atomic mass is 35.5. The summed E-state index contributed by atoms with van der Waals surface area (Å²) in [5.41, 5.74) is 2.57. The van der Waals surface area contributed by atoms with Crippen LogP contribution in [0.5, 0.6) is 0 Å². The van der Waals surface area contributed by atoms with E-state index < -0.39 is 12.2 Å². The van der Waals surface area contributed by atoms with Crippen LogP contribution in [0.2, 0.25) is 5.02 Å². The van der Waals surface area contributed by atoms with Crippen LogP contribution in [-0.2, 0) is 4.79 Å². The predicted octanol–water partition coefficient (Wildman–Crippen LogP) is 5.25. The number of H-pyrrole nitrogens is 1. The number of aromatic amines is 1. The van der Waals surface area contributed by atoms with E-state index >= 15 is 4.39 Å². The second kappa shape index (κ2) is 12.0. The predicted molar refractivity (Wildman–Crippen MR) is 162 cm³/mol. The minimum absolute atomic E-state index is 0.0574. The second-order valence-electron chi connectivity index (χ2n) is 11.0. The van der Waals surface area contributed by atoms with Crippen LogP contribution in [0.3, 0.4) is 0 Å². The van der Waals surface area contributed by atoms with Gasteiger partial charge in [0.15, 0.2) is 5.82 Å². The van der Waals surface area contributed by atoms with E-state index in [4.69, 9.17) is 16.6 Å². The number of fused-ring (bicyclic) bond motifs is 2.